The number of likely N-dealkylation sites (tertiary alicyclic amines) is 1. The van der Waals surface area contributed by atoms with Gasteiger partial charge in [-0.25, -0.2) is 0 Å². The number of esters is 1. The Morgan fingerprint density at radius 2 is 2.33 bits per heavy atom. The molecule has 0 aromatic rings. The van der Waals surface area contributed by atoms with Crippen LogP contribution in [0.3, 0.4) is 0 Å². The van der Waals surface area contributed by atoms with E-state index in [1.165, 1.54) is 7.11 Å². The zero-order valence-electron chi connectivity index (χ0n) is 7.62. The smallest absolute Gasteiger partial charge is 0.307 e. The van der Waals surface area contributed by atoms with Crippen LogP contribution in [0.2, 0.25) is 0 Å². The number of nitrogens with two attached hydrogens (primary N) is 1. The summed E-state index contributed by atoms with van der Waals surface area (Å²) in [5.41, 5.74) is 5.61. The monoisotopic (exact) mass is 172 g/mol. The van der Waals surface area contributed by atoms with Crippen LogP contribution in [-0.4, -0.2) is 43.2 Å². The molecule has 1 atom stereocenters. The van der Waals surface area contributed by atoms with E-state index in [-0.39, 0.29) is 12.0 Å². The molecule has 2 N–H and O–H groups in total. The van der Waals surface area contributed by atoms with Gasteiger partial charge in [-0.2, -0.15) is 0 Å². The average molecular weight is 172 g/mol. The molecule has 12 heavy (non-hydrogen) atoms. The molecule has 1 fully saturated rings. The lowest BCUT2D eigenvalue weighted by atomic mass is 10.1. The van der Waals surface area contributed by atoms with Gasteiger partial charge in [0.15, 0.2) is 0 Å². The summed E-state index contributed by atoms with van der Waals surface area (Å²) in [5.74, 6) is -0.150. The SMILES string of the molecule is COC(=O)CC(C)N1CC(N)C1. The van der Waals surface area contributed by atoms with Crippen molar-refractivity contribution in [3.05, 3.63) is 0 Å². The van der Waals surface area contributed by atoms with Crippen LogP contribution in [-0.2, 0) is 9.53 Å². The third kappa shape index (κ3) is 2.19. The van der Waals surface area contributed by atoms with Crippen LogP contribution in [0.1, 0.15) is 13.3 Å². The van der Waals surface area contributed by atoms with Crippen molar-refractivity contribution in [1.29, 1.82) is 0 Å². The van der Waals surface area contributed by atoms with Gasteiger partial charge in [0.1, 0.15) is 0 Å². The van der Waals surface area contributed by atoms with E-state index in [1.807, 2.05) is 6.92 Å². The summed E-state index contributed by atoms with van der Waals surface area (Å²) in [7, 11) is 1.41. The van der Waals surface area contributed by atoms with Gasteiger partial charge >= 0.3 is 5.97 Å². The topological polar surface area (TPSA) is 55.6 Å². The molecule has 1 rings (SSSR count). The second-order valence-electron chi connectivity index (χ2n) is 3.34. The molecule has 0 saturated carbocycles. The fourth-order valence-corrected chi connectivity index (χ4v) is 1.36. The fraction of sp³-hybridized carbons (Fsp3) is 0.875. The van der Waals surface area contributed by atoms with Crippen molar-refractivity contribution in [1.82, 2.24) is 4.90 Å². The molecule has 1 saturated heterocycles. The van der Waals surface area contributed by atoms with Gasteiger partial charge in [-0.1, -0.05) is 0 Å². The molecule has 0 amide bonds. The highest BCUT2D eigenvalue weighted by molar-refractivity contribution is 5.69. The molecule has 1 unspecified atom stereocenters. The van der Waals surface area contributed by atoms with Crippen LogP contribution >= 0.6 is 0 Å². The first-order chi connectivity index (χ1) is 5.63. The first kappa shape index (κ1) is 9.48. The van der Waals surface area contributed by atoms with Gasteiger partial charge in [-0.05, 0) is 6.92 Å². The zero-order chi connectivity index (χ0) is 9.14. The first-order valence-corrected chi connectivity index (χ1v) is 4.20. The summed E-state index contributed by atoms with van der Waals surface area (Å²) in [6.07, 6.45) is 0.462. The van der Waals surface area contributed by atoms with Crippen molar-refractivity contribution < 1.29 is 9.53 Å². The highest BCUT2D eigenvalue weighted by Gasteiger charge is 2.28. The Balaban J connectivity index is 2.20. The van der Waals surface area contributed by atoms with Crippen molar-refractivity contribution in [2.75, 3.05) is 20.2 Å². The van der Waals surface area contributed by atoms with Crippen molar-refractivity contribution in [2.45, 2.75) is 25.4 Å². The number of ether oxygens (including phenoxy) is 1. The Kier molecular flexibility index (Phi) is 3.05. The summed E-state index contributed by atoms with van der Waals surface area (Å²) in [4.78, 5) is 13.1. The molecule has 0 aliphatic carbocycles. The Hall–Kier alpha value is -0.610. The van der Waals surface area contributed by atoms with E-state index in [2.05, 4.69) is 9.64 Å². The Morgan fingerprint density at radius 3 is 2.75 bits per heavy atom. The van der Waals surface area contributed by atoms with Crippen molar-refractivity contribution in [3.8, 4) is 0 Å². The van der Waals surface area contributed by atoms with Gasteiger partial charge in [-0.3, -0.25) is 9.69 Å². The van der Waals surface area contributed by atoms with Crippen molar-refractivity contribution >= 4 is 5.97 Å². The molecule has 0 radical (unpaired) electrons. The predicted molar refractivity (Wildman–Crippen MR) is 45.6 cm³/mol. The number of rotatable bonds is 3. The number of hydrogen-bond acceptors (Lipinski definition) is 4. The van der Waals surface area contributed by atoms with Crippen LogP contribution in [0.5, 0.6) is 0 Å². The third-order valence-electron chi connectivity index (χ3n) is 2.25. The van der Waals surface area contributed by atoms with Crippen LogP contribution in [0.25, 0.3) is 0 Å². The third-order valence-corrected chi connectivity index (χ3v) is 2.25. The molecule has 0 bridgehead atoms. The molecule has 4 heteroatoms. The lowest BCUT2D eigenvalue weighted by Gasteiger charge is -2.40. The van der Waals surface area contributed by atoms with E-state index >= 15 is 0 Å². The number of nitrogens with zero attached hydrogens (tertiary/aromatic N) is 1. The molecule has 70 valence electrons. The minimum Gasteiger partial charge on any atom is -0.469 e. The standard InChI is InChI=1S/C8H16N2O2/c1-6(3-8(11)12-2)10-4-7(9)5-10/h6-7H,3-5,9H2,1-2H3. The maximum atomic E-state index is 10.9. The minimum absolute atomic E-state index is 0.150. The van der Waals surface area contributed by atoms with Crippen LogP contribution in [0.15, 0.2) is 0 Å². The van der Waals surface area contributed by atoms with Gasteiger partial charge in [0.25, 0.3) is 0 Å². The molecule has 1 aliphatic rings. The molecular formula is C8H16N2O2. The van der Waals surface area contributed by atoms with Gasteiger partial charge in [0.05, 0.1) is 13.5 Å². The number of methoxy groups -OCH3 is 1. The lowest BCUT2D eigenvalue weighted by Crippen LogP contribution is -2.58. The number of carbonyl (C=O) groups is 1. The largest absolute Gasteiger partial charge is 0.469 e. The average Bonchev–Trinajstić information content (AvgIpc) is 1.98. The normalized spacial score (nSPS) is 21.6. The molecule has 1 aliphatic heterocycles. The molecule has 0 aromatic carbocycles. The highest BCUT2D eigenvalue weighted by Crippen LogP contribution is 2.12. The second-order valence-corrected chi connectivity index (χ2v) is 3.34. The summed E-state index contributed by atoms with van der Waals surface area (Å²) in [6.45, 7) is 3.82. The molecule has 4 nitrogen and oxygen atoms in total. The van der Waals surface area contributed by atoms with Crippen LogP contribution in [0.4, 0.5) is 0 Å². The summed E-state index contributed by atoms with van der Waals surface area (Å²) in [6, 6.07) is 0.558. The Bertz CT molecular complexity index is 166. The highest BCUT2D eigenvalue weighted by atomic mass is 16.5. The first-order valence-electron chi connectivity index (χ1n) is 4.20. The zero-order valence-corrected chi connectivity index (χ0v) is 7.62. The Labute approximate surface area is 72.7 Å². The summed E-state index contributed by atoms with van der Waals surface area (Å²) >= 11 is 0. The van der Waals surface area contributed by atoms with Gasteiger partial charge < -0.3 is 10.5 Å². The van der Waals surface area contributed by atoms with Crippen molar-refractivity contribution in [3.63, 3.8) is 0 Å². The second kappa shape index (κ2) is 3.87. The number of carbonyl (C=O) groups excluding carboxylic acids is 1. The van der Waals surface area contributed by atoms with Crippen LogP contribution < -0.4 is 5.73 Å². The lowest BCUT2D eigenvalue weighted by molar-refractivity contribution is -0.142. The van der Waals surface area contributed by atoms with Crippen LogP contribution in [0, 0.1) is 0 Å². The van der Waals surface area contributed by atoms with E-state index in [0.717, 1.165) is 13.1 Å². The fourth-order valence-electron chi connectivity index (χ4n) is 1.36. The predicted octanol–water partition coefficient (Wildman–Crippen LogP) is -0.419. The Morgan fingerprint density at radius 1 is 1.75 bits per heavy atom. The van der Waals surface area contributed by atoms with E-state index in [0.29, 0.717) is 12.5 Å². The quantitative estimate of drug-likeness (QED) is 0.587. The van der Waals surface area contributed by atoms with E-state index in [4.69, 9.17) is 5.73 Å². The van der Waals surface area contributed by atoms with E-state index in [1.54, 1.807) is 0 Å². The summed E-state index contributed by atoms with van der Waals surface area (Å²) in [5, 5.41) is 0. The molecular weight excluding hydrogens is 156 g/mol. The molecule has 1 heterocycles. The van der Waals surface area contributed by atoms with Gasteiger partial charge in [-0.15, -0.1) is 0 Å². The van der Waals surface area contributed by atoms with E-state index < -0.39 is 0 Å². The minimum atomic E-state index is -0.150. The van der Waals surface area contributed by atoms with Gasteiger partial charge in [0.2, 0.25) is 0 Å². The van der Waals surface area contributed by atoms with Crippen molar-refractivity contribution in [2.24, 2.45) is 5.73 Å². The maximum absolute atomic E-state index is 10.9. The number of hydrogen-bond donors (Lipinski definition) is 1. The summed E-state index contributed by atoms with van der Waals surface area (Å²) < 4.78 is 4.57. The molecule has 0 aromatic heterocycles. The molecule has 0 spiro atoms. The van der Waals surface area contributed by atoms with Gasteiger partial charge in [0, 0.05) is 25.2 Å². The maximum Gasteiger partial charge on any atom is 0.307 e. The van der Waals surface area contributed by atoms with E-state index in [9.17, 15) is 4.79 Å².